The molecule has 6 heteroatoms. The Morgan fingerprint density at radius 2 is 2.25 bits per heavy atom. The average Bonchev–Trinajstić information content (AvgIpc) is 2.92. The van der Waals surface area contributed by atoms with E-state index in [0.717, 1.165) is 12.8 Å². The highest BCUT2D eigenvalue weighted by molar-refractivity contribution is 5.90. The second kappa shape index (κ2) is 4.21. The quantitative estimate of drug-likeness (QED) is 0.772. The molecule has 1 aromatic rings. The van der Waals surface area contributed by atoms with Gasteiger partial charge in [-0.05, 0) is 19.8 Å². The topological polar surface area (TPSA) is 94.0 Å². The number of aromatic nitrogens is 2. The molecule has 0 bridgehead atoms. The van der Waals surface area contributed by atoms with Crippen molar-refractivity contribution < 1.29 is 9.32 Å². The van der Waals surface area contributed by atoms with Crippen molar-refractivity contribution in [3.8, 4) is 0 Å². The normalized spacial score (nSPS) is 19.2. The SMILES string of the molecule is CC(N)C(C)c1nc(C(=O)NC2CC2)no1. The Balaban J connectivity index is 2.03. The fourth-order valence-corrected chi connectivity index (χ4v) is 1.21. The van der Waals surface area contributed by atoms with Gasteiger partial charge in [0.05, 0.1) is 5.92 Å². The number of hydrogen-bond donors (Lipinski definition) is 2. The Morgan fingerprint density at radius 3 is 2.81 bits per heavy atom. The fourth-order valence-electron chi connectivity index (χ4n) is 1.21. The molecular formula is C10H16N4O2. The molecule has 16 heavy (non-hydrogen) atoms. The van der Waals surface area contributed by atoms with Crippen LogP contribution in [0.15, 0.2) is 4.52 Å². The van der Waals surface area contributed by atoms with Gasteiger partial charge in [-0.1, -0.05) is 12.1 Å². The molecule has 2 atom stereocenters. The lowest BCUT2D eigenvalue weighted by Gasteiger charge is -2.09. The second-order valence-corrected chi connectivity index (χ2v) is 4.35. The van der Waals surface area contributed by atoms with E-state index >= 15 is 0 Å². The first-order chi connectivity index (χ1) is 7.58. The van der Waals surface area contributed by atoms with Crippen molar-refractivity contribution in [3.05, 3.63) is 11.7 Å². The summed E-state index contributed by atoms with van der Waals surface area (Å²) in [6, 6.07) is 0.208. The van der Waals surface area contributed by atoms with Gasteiger partial charge in [-0.25, -0.2) is 0 Å². The highest BCUT2D eigenvalue weighted by Crippen LogP contribution is 2.19. The van der Waals surface area contributed by atoms with E-state index in [1.165, 1.54) is 0 Å². The van der Waals surface area contributed by atoms with Crippen LogP contribution in [0.5, 0.6) is 0 Å². The summed E-state index contributed by atoms with van der Waals surface area (Å²) in [7, 11) is 0. The molecule has 0 aromatic carbocycles. The van der Waals surface area contributed by atoms with E-state index < -0.39 is 0 Å². The zero-order valence-electron chi connectivity index (χ0n) is 9.43. The number of nitrogens with zero attached hydrogens (tertiary/aromatic N) is 2. The maximum atomic E-state index is 11.6. The van der Waals surface area contributed by atoms with Crippen molar-refractivity contribution in [2.45, 2.75) is 44.7 Å². The van der Waals surface area contributed by atoms with E-state index in [4.69, 9.17) is 10.3 Å². The van der Waals surface area contributed by atoms with Gasteiger partial charge >= 0.3 is 0 Å². The van der Waals surface area contributed by atoms with Crippen molar-refractivity contribution in [1.82, 2.24) is 15.5 Å². The molecule has 1 aliphatic rings. The standard InChI is InChI=1S/C10H16N4O2/c1-5(6(2)11)10-13-8(14-16-10)9(15)12-7-3-4-7/h5-7H,3-4,11H2,1-2H3,(H,12,15). The molecule has 1 fully saturated rings. The average molecular weight is 224 g/mol. The predicted molar refractivity (Wildman–Crippen MR) is 56.9 cm³/mol. The summed E-state index contributed by atoms with van der Waals surface area (Å²) in [5, 5.41) is 6.44. The van der Waals surface area contributed by atoms with E-state index in [1.54, 1.807) is 0 Å². The lowest BCUT2D eigenvalue weighted by atomic mass is 10.1. The van der Waals surface area contributed by atoms with Gasteiger partial charge in [0.2, 0.25) is 5.89 Å². The minimum Gasteiger partial charge on any atom is -0.346 e. The highest BCUT2D eigenvalue weighted by Gasteiger charge is 2.27. The summed E-state index contributed by atoms with van der Waals surface area (Å²) >= 11 is 0. The first-order valence-electron chi connectivity index (χ1n) is 5.48. The second-order valence-electron chi connectivity index (χ2n) is 4.35. The number of nitrogens with two attached hydrogens (primary N) is 1. The molecule has 1 aliphatic carbocycles. The molecule has 1 aromatic heterocycles. The minimum absolute atomic E-state index is 0.0463. The van der Waals surface area contributed by atoms with E-state index in [9.17, 15) is 4.79 Å². The largest absolute Gasteiger partial charge is 0.346 e. The van der Waals surface area contributed by atoms with Gasteiger partial charge in [0.1, 0.15) is 0 Å². The molecule has 0 aliphatic heterocycles. The van der Waals surface area contributed by atoms with E-state index in [0.29, 0.717) is 11.9 Å². The molecule has 3 N–H and O–H groups in total. The first kappa shape index (κ1) is 11.1. The molecule has 0 saturated heterocycles. The third-order valence-corrected chi connectivity index (χ3v) is 2.74. The molecule has 1 amide bonds. The molecule has 2 rings (SSSR count). The monoisotopic (exact) mass is 224 g/mol. The van der Waals surface area contributed by atoms with Crippen LogP contribution in [0, 0.1) is 0 Å². The third kappa shape index (κ3) is 2.38. The molecule has 0 spiro atoms. The van der Waals surface area contributed by atoms with Crippen LogP contribution in [0.1, 0.15) is 49.1 Å². The Labute approximate surface area is 93.6 Å². The van der Waals surface area contributed by atoms with E-state index in [-0.39, 0.29) is 23.7 Å². The van der Waals surface area contributed by atoms with Crippen LogP contribution >= 0.6 is 0 Å². The molecule has 0 radical (unpaired) electrons. The summed E-state index contributed by atoms with van der Waals surface area (Å²) in [6.45, 7) is 3.75. The predicted octanol–water partition coefficient (Wildman–Crippen LogP) is 0.412. The molecule has 2 unspecified atom stereocenters. The molecule has 1 heterocycles. The van der Waals surface area contributed by atoms with Crippen LogP contribution in [0.25, 0.3) is 0 Å². The molecule has 1 saturated carbocycles. The van der Waals surface area contributed by atoms with Crippen LogP contribution in [0.3, 0.4) is 0 Å². The van der Waals surface area contributed by atoms with Crippen LogP contribution < -0.4 is 11.1 Å². The minimum atomic E-state index is -0.269. The Morgan fingerprint density at radius 1 is 1.56 bits per heavy atom. The molecule has 88 valence electrons. The van der Waals surface area contributed by atoms with Crippen molar-refractivity contribution >= 4 is 5.91 Å². The number of carbonyl (C=O) groups is 1. The van der Waals surface area contributed by atoms with Gasteiger partial charge in [0.25, 0.3) is 11.7 Å². The maximum Gasteiger partial charge on any atom is 0.292 e. The van der Waals surface area contributed by atoms with E-state index in [2.05, 4.69) is 15.5 Å². The lowest BCUT2D eigenvalue weighted by Crippen LogP contribution is -2.26. The Hall–Kier alpha value is -1.43. The number of nitrogens with one attached hydrogen (secondary N) is 1. The molecular weight excluding hydrogens is 208 g/mol. The van der Waals surface area contributed by atoms with Crippen molar-refractivity contribution in [2.24, 2.45) is 5.73 Å². The maximum absolute atomic E-state index is 11.6. The summed E-state index contributed by atoms with van der Waals surface area (Å²) in [5.74, 6) is 0.190. The number of rotatable bonds is 4. The van der Waals surface area contributed by atoms with Crippen LogP contribution in [0.4, 0.5) is 0 Å². The summed E-state index contributed by atoms with van der Waals surface area (Å²) in [6.07, 6.45) is 2.07. The Kier molecular flexibility index (Phi) is 2.91. The van der Waals surface area contributed by atoms with Crippen molar-refractivity contribution in [1.29, 1.82) is 0 Å². The van der Waals surface area contributed by atoms with Gasteiger partial charge < -0.3 is 15.6 Å². The van der Waals surface area contributed by atoms with E-state index in [1.807, 2.05) is 13.8 Å². The number of carbonyl (C=O) groups excluding carboxylic acids is 1. The van der Waals surface area contributed by atoms with Crippen LogP contribution in [-0.4, -0.2) is 28.1 Å². The summed E-state index contributed by atoms with van der Waals surface area (Å²) in [5.41, 5.74) is 5.72. The first-order valence-corrected chi connectivity index (χ1v) is 5.48. The number of hydrogen-bond acceptors (Lipinski definition) is 5. The zero-order valence-corrected chi connectivity index (χ0v) is 9.43. The fraction of sp³-hybridized carbons (Fsp3) is 0.700. The van der Waals surface area contributed by atoms with Crippen LogP contribution in [0.2, 0.25) is 0 Å². The number of amides is 1. The van der Waals surface area contributed by atoms with Gasteiger partial charge in [0, 0.05) is 12.1 Å². The van der Waals surface area contributed by atoms with Crippen molar-refractivity contribution in [3.63, 3.8) is 0 Å². The smallest absolute Gasteiger partial charge is 0.292 e. The lowest BCUT2D eigenvalue weighted by molar-refractivity contribution is 0.0937. The Bertz CT molecular complexity index is 384. The highest BCUT2D eigenvalue weighted by atomic mass is 16.5. The van der Waals surface area contributed by atoms with Gasteiger partial charge in [0.15, 0.2) is 0 Å². The zero-order chi connectivity index (χ0) is 11.7. The molecule has 6 nitrogen and oxygen atoms in total. The summed E-state index contributed by atoms with van der Waals surface area (Å²) < 4.78 is 5.01. The van der Waals surface area contributed by atoms with Gasteiger partial charge in [-0.3, -0.25) is 4.79 Å². The summed E-state index contributed by atoms with van der Waals surface area (Å²) in [4.78, 5) is 15.6. The van der Waals surface area contributed by atoms with Gasteiger partial charge in [-0.2, -0.15) is 4.98 Å². The van der Waals surface area contributed by atoms with Gasteiger partial charge in [-0.15, -0.1) is 0 Å². The van der Waals surface area contributed by atoms with Crippen molar-refractivity contribution in [2.75, 3.05) is 0 Å². The third-order valence-electron chi connectivity index (χ3n) is 2.74. The van der Waals surface area contributed by atoms with Crippen LogP contribution in [-0.2, 0) is 0 Å².